The minimum Gasteiger partial charge on any atom is -0.465 e. The molecule has 1 saturated heterocycles. The predicted molar refractivity (Wildman–Crippen MR) is 122 cm³/mol. The lowest BCUT2D eigenvalue weighted by molar-refractivity contribution is 0.0707. The molecule has 5 rings (SSSR count). The Balaban J connectivity index is 1.36. The van der Waals surface area contributed by atoms with E-state index in [4.69, 9.17) is 4.74 Å². The van der Waals surface area contributed by atoms with Crippen LogP contribution in [-0.2, 0) is 13.1 Å². The van der Waals surface area contributed by atoms with E-state index in [1.807, 2.05) is 23.7 Å². The molecule has 33 heavy (non-hydrogen) atoms. The number of rotatable bonds is 6. The highest BCUT2D eigenvalue weighted by Crippen LogP contribution is 2.37. The maximum atomic E-state index is 14.0. The smallest absolute Gasteiger partial charge is 0.407 e. The number of hydrogen-bond acceptors (Lipinski definition) is 6. The van der Waals surface area contributed by atoms with E-state index in [1.54, 1.807) is 0 Å². The lowest BCUT2D eigenvalue weighted by Gasteiger charge is -2.38. The van der Waals surface area contributed by atoms with Gasteiger partial charge in [-0.15, -0.1) is 5.10 Å². The zero-order valence-electron chi connectivity index (χ0n) is 18.1. The van der Waals surface area contributed by atoms with E-state index in [0.29, 0.717) is 59.3 Å². The van der Waals surface area contributed by atoms with Crippen LogP contribution in [0.1, 0.15) is 25.3 Å². The lowest BCUT2D eigenvalue weighted by Crippen LogP contribution is -2.53. The van der Waals surface area contributed by atoms with Crippen LogP contribution in [0.3, 0.4) is 0 Å². The molecule has 1 saturated carbocycles. The van der Waals surface area contributed by atoms with Gasteiger partial charge < -0.3 is 14.7 Å². The van der Waals surface area contributed by atoms with Gasteiger partial charge in [0.15, 0.2) is 0 Å². The monoisotopic (exact) mass is 518 g/mol. The predicted octanol–water partition coefficient (Wildman–Crippen LogP) is 4.11. The van der Waals surface area contributed by atoms with Gasteiger partial charge in [0.25, 0.3) is 0 Å². The van der Waals surface area contributed by atoms with E-state index in [2.05, 4.69) is 36.1 Å². The number of carboxylic acid groups (broad SMARTS) is 1. The van der Waals surface area contributed by atoms with Crippen LogP contribution in [0.2, 0.25) is 0 Å². The summed E-state index contributed by atoms with van der Waals surface area (Å²) in [4.78, 5) is 19.0. The van der Waals surface area contributed by atoms with Gasteiger partial charge in [-0.25, -0.2) is 18.9 Å². The molecule has 1 aromatic carbocycles. The summed E-state index contributed by atoms with van der Waals surface area (Å²) in [5.74, 6) is 1.04. The van der Waals surface area contributed by atoms with Gasteiger partial charge in [-0.2, -0.15) is 0 Å². The molecule has 174 valence electrons. The molecular formula is C22H24BrFN6O3. The van der Waals surface area contributed by atoms with Gasteiger partial charge in [0.05, 0.1) is 16.2 Å². The van der Waals surface area contributed by atoms with Gasteiger partial charge in [0.2, 0.25) is 5.88 Å². The lowest BCUT2D eigenvalue weighted by atomic mass is 10.1. The summed E-state index contributed by atoms with van der Waals surface area (Å²) in [7, 11) is 0. The molecule has 1 atom stereocenters. The van der Waals surface area contributed by atoms with E-state index in [1.165, 1.54) is 23.8 Å². The van der Waals surface area contributed by atoms with Gasteiger partial charge in [0.1, 0.15) is 17.1 Å². The molecule has 3 aromatic rings. The molecule has 0 unspecified atom stereocenters. The average molecular weight is 519 g/mol. The number of aromatic nitrogens is 4. The van der Waals surface area contributed by atoms with Crippen molar-refractivity contribution in [3.05, 3.63) is 40.2 Å². The molecule has 1 aliphatic carbocycles. The normalized spacial score (nSPS) is 19.2. The number of halogens is 2. The first kappa shape index (κ1) is 22.0. The number of pyridine rings is 1. The fourth-order valence-corrected chi connectivity index (χ4v) is 4.72. The Bertz CT molecular complexity index is 1200. The Kier molecular flexibility index (Phi) is 5.92. The highest BCUT2D eigenvalue weighted by molar-refractivity contribution is 9.10. The Hall–Kier alpha value is -2.79. The van der Waals surface area contributed by atoms with Crippen molar-refractivity contribution < 1.29 is 19.0 Å². The van der Waals surface area contributed by atoms with E-state index in [-0.39, 0.29) is 6.04 Å². The number of hydrogen-bond donors (Lipinski definition) is 1. The second-order valence-corrected chi connectivity index (χ2v) is 9.53. The number of carbonyl (C=O) groups is 1. The topological polar surface area (TPSA) is 96.6 Å². The zero-order valence-corrected chi connectivity index (χ0v) is 19.7. The second-order valence-electron chi connectivity index (χ2n) is 8.74. The highest BCUT2D eigenvalue weighted by Gasteiger charge is 2.28. The van der Waals surface area contributed by atoms with Crippen molar-refractivity contribution in [2.45, 2.75) is 38.9 Å². The van der Waals surface area contributed by atoms with Crippen LogP contribution in [0.4, 0.5) is 9.18 Å². The molecule has 1 N–H and O–H groups in total. The molecule has 9 nitrogen and oxygen atoms in total. The largest absolute Gasteiger partial charge is 0.465 e. The van der Waals surface area contributed by atoms with Crippen molar-refractivity contribution in [1.29, 1.82) is 0 Å². The van der Waals surface area contributed by atoms with E-state index in [9.17, 15) is 14.3 Å². The number of nitrogens with zero attached hydrogens (tertiary/aromatic N) is 6. The van der Waals surface area contributed by atoms with Crippen LogP contribution < -0.4 is 4.74 Å². The van der Waals surface area contributed by atoms with E-state index < -0.39 is 11.9 Å². The number of fused-ring (bicyclic) bond motifs is 1. The molecular weight excluding hydrogens is 495 g/mol. The molecule has 1 amide bonds. The summed E-state index contributed by atoms with van der Waals surface area (Å²) in [5, 5.41) is 17.9. The molecule has 1 aliphatic heterocycles. The molecule has 11 heteroatoms. The first-order valence-corrected chi connectivity index (χ1v) is 11.7. The summed E-state index contributed by atoms with van der Waals surface area (Å²) < 4.78 is 22.7. The first-order chi connectivity index (χ1) is 15.9. The SMILES string of the molecule is C[C@H]1CN(Cc2cc(F)cnc2Oc2ccc3c(nnn3CC3CC3)c2Br)CCN1C(=O)O. The van der Waals surface area contributed by atoms with Gasteiger partial charge >= 0.3 is 6.09 Å². The van der Waals surface area contributed by atoms with E-state index >= 15 is 0 Å². The van der Waals surface area contributed by atoms with Crippen molar-refractivity contribution in [2.24, 2.45) is 5.92 Å². The maximum Gasteiger partial charge on any atom is 0.407 e. The summed E-state index contributed by atoms with van der Waals surface area (Å²) in [6.07, 6.45) is 2.66. The molecule has 2 aliphatic rings. The standard InChI is InChI=1S/C22H24BrFN6O3/c1-13-10-28(6-7-29(13)22(31)32)12-15-8-16(24)9-25-21(15)33-18-5-4-17-20(19(18)23)26-27-30(17)11-14-2-3-14/h4-5,8-9,13-14H,2-3,6-7,10-12H2,1H3,(H,31,32)/t13-/m0/s1. The number of ether oxygens (including phenoxy) is 1. The van der Waals surface area contributed by atoms with Gasteiger partial charge in [0, 0.05) is 44.3 Å². The molecule has 0 radical (unpaired) electrons. The highest BCUT2D eigenvalue weighted by atomic mass is 79.9. The van der Waals surface area contributed by atoms with Gasteiger partial charge in [-0.3, -0.25) is 4.90 Å². The molecule has 2 aromatic heterocycles. The van der Waals surface area contributed by atoms with Crippen molar-refractivity contribution in [3.63, 3.8) is 0 Å². The van der Waals surface area contributed by atoms with Crippen LogP contribution >= 0.6 is 15.9 Å². The fourth-order valence-electron chi connectivity index (χ4n) is 4.22. The number of amides is 1. The summed E-state index contributed by atoms with van der Waals surface area (Å²) >= 11 is 3.59. The minimum absolute atomic E-state index is 0.156. The van der Waals surface area contributed by atoms with Crippen molar-refractivity contribution in [3.8, 4) is 11.6 Å². The van der Waals surface area contributed by atoms with Crippen molar-refractivity contribution >= 4 is 33.1 Å². The Morgan fingerprint density at radius 2 is 2.15 bits per heavy atom. The average Bonchev–Trinajstić information content (AvgIpc) is 3.49. The Morgan fingerprint density at radius 3 is 2.88 bits per heavy atom. The Morgan fingerprint density at radius 1 is 1.33 bits per heavy atom. The number of benzene rings is 1. The Labute approximate surface area is 198 Å². The molecule has 3 heterocycles. The summed E-state index contributed by atoms with van der Waals surface area (Å²) in [6.45, 7) is 4.61. The van der Waals surface area contributed by atoms with Crippen molar-refractivity contribution in [1.82, 2.24) is 29.8 Å². The van der Waals surface area contributed by atoms with Crippen LogP contribution in [0.25, 0.3) is 11.0 Å². The molecule has 2 fully saturated rings. The van der Waals surface area contributed by atoms with Crippen LogP contribution in [0.5, 0.6) is 11.6 Å². The molecule has 0 bridgehead atoms. The fraction of sp³-hybridized carbons (Fsp3) is 0.455. The first-order valence-electron chi connectivity index (χ1n) is 10.9. The third kappa shape index (κ3) is 4.65. The van der Waals surface area contributed by atoms with E-state index in [0.717, 1.165) is 18.3 Å². The molecule has 0 spiro atoms. The second kappa shape index (κ2) is 8.86. The zero-order chi connectivity index (χ0) is 23.1. The van der Waals surface area contributed by atoms with Gasteiger partial charge in [-0.05, 0) is 59.8 Å². The van der Waals surface area contributed by atoms with Crippen LogP contribution in [-0.4, -0.2) is 66.7 Å². The quantitative estimate of drug-likeness (QED) is 0.524. The summed E-state index contributed by atoms with van der Waals surface area (Å²) in [5.41, 5.74) is 2.23. The minimum atomic E-state index is -0.923. The van der Waals surface area contributed by atoms with Crippen molar-refractivity contribution in [2.75, 3.05) is 19.6 Å². The number of piperazine rings is 1. The maximum absolute atomic E-state index is 14.0. The van der Waals surface area contributed by atoms with Crippen LogP contribution in [0.15, 0.2) is 28.9 Å². The third-order valence-electron chi connectivity index (χ3n) is 6.17. The van der Waals surface area contributed by atoms with Gasteiger partial charge in [-0.1, -0.05) is 5.21 Å². The van der Waals surface area contributed by atoms with Crippen LogP contribution in [0, 0.1) is 11.7 Å². The third-order valence-corrected chi connectivity index (χ3v) is 6.93. The summed E-state index contributed by atoms with van der Waals surface area (Å²) in [6, 6.07) is 5.02.